The van der Waals surface area contributed by atoms with Gasteiger partial charge in [-0.2, -0.15) is 0 Å². The van der Waals surface area contributed by atoms with E-state index < -0.39 is 35.7 Å². The van der Waals surface area contributed by atoms with E-state index >= 15 is 0 Å². The number of aromatic nitrogens is 2. The molecule has 1 aromatic heterocycles. The van der Waals surface area contributed by atoms with E-state index in [4.69, 9.17) is 28.9 Å². The van der Waals surface area contributed by atoms with Crippen LogP contribution in [0.3, 0.4) is 0 Å². The summed E-state index contributed by atoms with van der Waals surface area (Å²) in [6.45, 7) is 5.84. The number of hydrogen-bond donors (Lipinski definition) is 1. The molecule has 1 aromatic carbocycles. The fourth-order valence-corrected chi connectivity index (χ4v) is 8.90. The van der Waals surface area contributed by atoms with Gasteiger partial charge in [0.15, 0.2) is 0 Å². The van der Waals surface area contributed by atoms with Crippen LogP contribution < -0.4 is 14.8 Å². The van der Waals surface area contributed by atoms with Gasteiger partial charge in [-0.05, 0) is 80.2 Å². The van der Waals surface area contributed by atoms with Crippen molar-refractivity contribution in [3.05, 3.63) is 23.9 Å². The van der Waals surface area contributed by atoms with Crippen LogP contribution in [0.1, 0.15) is 77.8 Å². The Hall–Kier alpha value is -3.63. The monoisotopic (exact) mass is 634 g/mol. The normalized spacial score (nSPS) is 34.3. The van der Waals surface area contributed by atoms with Gasteiger partial charge in [0.05, 0.1) is 31.8 Å². The summed E-state index contributed by atoms with van der Waals surface area (Å²) in [6.07, 6.45) is 7.14. The number of nitrogens with zero attached hydrogens (tertiary/aromatic N) is 3. The highest BCUT2D eigenvalue weighted by Crippen LogP contribution is 2.74. The lowest BCUT2D eigenvalue weighted by atomic mass is 9.70. The third-order valence-corrected chi connectivity index (χ3v) is 11.5. The summed E-state index contributed by atoms with van der Waals surface area (Å²) < 4.78 is 23.3. The van der Waals surface area contributed by atoms with Gasteiger partial charge < -0.3 is 29.2 Å². The van der Waals surface area contributed by atoms with E-state index in [1.54, 1.807) is 7.11 Å². The minimum atomic E-state index is -0.919. The number of aryl methyl sites for hydroxylation is 1. The third-order valence-electron chi connectivity index (χ3n) is 11.5. The number of alkyl carbamates (subject to hydrolysis) is 1. The molecule has 1 N–H and O–H groups in total. The van der Waals surface area contributed by atoms with Crippen molar-refractivity contribution in [1.82, 2.24) is 20.2 Å². The van der Waals surface area contributed by atoms with Crippen molar-refractivity contribution >= 4 is 29.0 Å². The molecule has 2 bridgehead atoms. The first kappa shape index (κ1) is 31.0. The molecular formula is C35H46N4O7. The van der Waals surface area contributed by atoms with Gasteiger partial charge in [-0.3, -0.25) is 4.79 Å². The Balaban J connectivity index is 1.24. The van der Waals surface area contributed by atoms with E-state index in [2.05, 4.69) is 5.32 Å². The van der Waals surface area contributed by atoms with Gasteiger partial charge >= 0.3 is 12.1 Å². The number of benzene rings is 1. The van der Waals surface area contributed by atoms with Crippen LogP contribution in [0, 0.1) is 28.6 Å². The van der Waals surface area contributed by atoms with Gasteiger partial charge in [-0.1, -0.05) is 27.2 Å². The zero-order valence-corrected chi connectivity index (χ0v) is 27.5. The van der Waals surface area contributed by atoms with Crippen molar-refractivity contribution in [2.75, 3.05) is 20.8 Å². The Morgan fingerprint density at radius 2 is 1.87 bits per heavy atom. The maximum atomic E-state index is 14.3. The summed E-state index contributed by atoms with van der Waals surface area (Å²) in [5, 5.41) is 2.94. The topological polar surface area (TPSA) is 129 Å². The number of carbonyl (C=O) groups is 3. The van der Waals surface area contributed by atoms with Crippen LogP contribution in [0.25, 0.3) is 11.0 Å². The van der Waals surface area contributed by atoms with Gasteiger partial charge in [0, 0.05) is 17.9 Å². The smallest absolute Gasteiger partial charge is 0.408 e. The number of rotatable bonds is 2. The Bertz CT molecular complexity index is 1540. The maximum absolute atomic E-state index is 14.3. The second-order valence-electron chi connectivity index (χ2n) is 15.1. The molecule has 2 aromatic rings. The van der Waals surface area contributed by atoms with Crippen LogP contribution in [0.5, 0.6) is 11.6 Å². The molecule has 3 heterocycles. The zero-order valence-electron chi connectivity index (χ0n) is 27.5. The van der Waals surface area contributed by atoms with Crippen molar-refractivity contribution in [2.24, 2.45) is 28.6 Å². The lowest BCUT2D eigenvalue weighted by molar-refractivity contribution is -0.152. The lowest BCUT2D eigenvalue weighted by Gasteiger charge is -2.36. The second-order valence-corrected chi connectivity index (χ2v) is 15.1. The van der Waals surface area contributed by atoms with Gasteiger partial charge in [0.1, 0.15) is 35.7 Å². The molecule has 1 saturated heterocycles. The standard InChI is InChI=1S/C35H46N4O7/c1-34(2,3)29-31(40)39-18-22(16-27(39)32(41)44-5)45-30-25(36-24-13-11-21(43-4)15-26(24)37-30)9-7-6-8-20-17-35(20)23-12-10-19(23)14-28(35)46-33(42)38-29/h11,13,15,19-20,22-23,27-29H,6-10,12,14,16-18H2,1-5H3,(H,38,42)/t19-,20?,22+,23-,27-,28+,29+,35?/m0/s1. The minimum absolute atomic E-state index is 0.0567. The molecule has 5 aliphatic rings. The van der Waals surface area contributed by atoms with E-state index in [-0.39, 0.29) is 30.4 Å². The fraction of sp³-hybridized carbons (Fsp3) is 0.686. The molecule has 11 nitrogen and oxygen atoms in total. The molecule has 4 fully saturated rings. The van der Waals surface area contributed by atoms with E-state index in [1.165, 1.54) is 24.9 Å². The lowest BCUT2D eigenvalue weighted by Crippen LogP contribution is -2.57. The highest BCUT2D eigenvalue weighted by Gasteiger charge is 2.71. The van der Waals surface area contributed by atoms with E-state index in [0.717, 1.165) is 43.3 Å². The minimum Gasteiger partial charge on any atom is -0.497 e. The molecule has 0 radical (unpaired) electrons. The number of esters is 1. The van der Waals surface area contributed by atoms with Gasteiger partial charge in [0.25, 0.3) is 0 Å². The molecule has 11 heteroatoms. The number of ether oxygens (including phenoxy) is 4. The highest BCUT2D eigenvalue weighted by molar-refractivity contribution is 5.91. The molecule has 46 heavy (non-hydrogen) atoms. The number of amides is 2. The SMILES string of the molecule is COC(=O)[C@@H]1C[C@@H]2CN1C(=O)[C@H](C(C)(C)C)NC(=O)O[C@@H]1C[C@@H]3CC[C@@H]3C13CC3CCCCc1nc3ccc(OC)cc3nc1O2. The largest absolute Gasteiger partial charge is 0.497 e. The Kier molecular flexibility index (Phi) is 7.79. The molecule has 248 valence electrons. The first-order chi connectivity index (χ1) is 22.0. The molecule has 3 saturated carbocycles. The molecule has 7 rings (SSSR count). The molecule has 2 aliphatic heterocycles. The van der Waals surface area contributed by atoms with E-state index in [9.17, 15) is 14.4 Å². The van der Waals surface area contributed by atoms with Crippen LogP contribution >= 0.6 is 0 Å². The molecule has 2 amide bonds. The van der Waals surface area contributed by atoms with Crippen LogP contribution in [0.4, 0.5) is 4.79 Å². The predicted molar refractivity (Wildman–Crippen MR) is 168 cm³/mol. The highest BCUT2D eigenvalue weighted by atomic mass is 16.6. The van der Waals surface area contributed by atoms with Crippen molar-refractivity contribution in [1.29, 1.82) is 0 Å². The number of fused-ring (bicyclic) bond motifs is 5. The fourth-order valence-electron chi connectivity index (χ4n) is 8.90. The van der Waals surface area contributed by atoms with Gasteiger partial charge in [-0.25, -0.2) is 19.6 Å². The van der Waals surface area contributed by atoms with E-state index in [1.807, 2.05) is 39.0 Å². The van der Waals surface area contributed by atoms with Gasteiger partial charge in [-0.15, -0.1) is 0 Å². The van der Waals surface area contributed by atoms with Crippen molar-refractivity contribution < 1.29 is 33.3 Å². The summed E-state index contributed by atoms with van der Waals surface area (Å²) >= 11 is 0. The second kappa shape index (κ2) is 11.6. The van der Waals surface area contributed by atoms with E-state index in [0.29, 0.717) is 41.3 Å². The molecule has 1 spiro atoms. The average molecular weight is 635 g/mol. The summed E-state index contributed by atoms with van der Waals surface area (Å²) in [7, 11) is 2.92. The summed E-state index contributed by atoms with van der Waals surface area (Å²) in [5.74, 6) is 1.95. The van der Waals surface area contributed by atoms with Crippen LogP contribution in [-0.4, -0.2) is 77.9 Å². The van der Waals surface area contributed by atoms with Crippen molar-refractivity contribution in [2.45, 2.75) is 103 Å². The zero-order chi connectivity index (χ0) is 32.4. The first-order valence-corrected chi connectivity index (χ1v) is 16.9. The molecule has 3 aliphatic carbocycles. The molecule has 2 unspecified atom stereocenters. The Morgan fingerprint density at radius 1 is 1.04 bits per heavy atom. The van der Waals surface area contributed by atoms with Crippen LogP contribution in [-0.2, 0) is 25.5 Å². The summed E-state index contributed by atoms with van der Waals surface area (Å²) in [4.78, 5) is 52.2. The summed E-state index contributed by atoms with van der Waals surface area (Å²) in [5.41, 5.74) is 1.58. The van der Waals surface area contributed by atoms with Crippen molar-refractivity contribution in [3.63, 3.8) is 0 Å². The van der Waals surface area contributed by atoms with Crippen LogP contribution in [0.15, 0.2) is 18.2 Å². The Labute approximate surface area is 270 Å². The predicted octanol–water partition coefficient (Wildman–Crippen LogP) is 4.83. The third kappa shape index (κ3) is 5.33. The summed E-state index contributed by atoms with van der Waals surface area (Å²) in [6, 6.07) is 3.82. The van der Waals surface area contributed by atoms with Crippen molar-refractivity contribution in [3.8, 4) is 11.6 Å². The Morgan fingerprint density at radius 3 is 2.59 bits per heavy atom. The average Bonchev–Trinajstić information content (AvgIpc) is 3.47. The number of hydrogen-bond acceptors (Lipinski definition) is 9. The number of carbonyl (C=O) groups excluding carboxylic acids is 3. The number of nitrogens with one attached hydrogen (secondary N) is 1. The van der Waals surface area contributed by atoms with Gasteiger partial charge in [0.2, 0.25) is 11.8 Å². The quantitative estimate of drug-likeness (QED) is 0.462. The molecular weight excluding hydrogens is 588 g/mol. The van der Waals surface area contributed by atoms with Crippen LogP contribution in [0.2, 0.25) is 0 Å². The maximum Gasteiger partial charge on any atom is 0.408 e. The number of methoxy groups -OCH3 is 2. The molecule has 8 atom stereocenters. The first-order valence-electron chi connectivity index (χ1n) is 16.9.